The Morgan fingerprint density at radius 3 is 1.49 bits per heavy atom. The number of phosphoric acid groups is 1. The van der Waals surface area contributed by atoms with E-state index < -0.39 is 32.5 Å². The average Bonchev–Trinajstić information content (AvgIpc) is 3.16. The minimum atomic E-state index is -4.63. The number of esters is 2. The number of unbranched alkanes of at least 4 members (excludes halogenated alkanes) is 16. The quantitative estimate of drug-likeness (QED) is 0.0197. The van der Waals surface area contributed by atoms with E-state index in [2.05, 4.69) is 74.6 Å². The zero-order chi connectivity index (χ0) is 42.1. The van der Waals surface area contributed by atoms with Crippen molar-refractivity contribution >= 4 is 19.8 Å². The number of ether oxygens (including phenoxy) is 2. The summed E-state index contributed by atoms with van der Waals surface area (Å²) in [7, 11) is 1.14. The molecule has 0 aromatic heterocycles. The molecule has 330 valence electrons. The van der Waals surface area contributed by atoms with Crippen LogP contribution in [-0.4, -0.2) is 70.0 Å². The van der Waals surface area contributed by atoms with Crippen LogP contribution in [0.1, 0.15) is 174 Å². The van der Waals surface area contributed by atoms with Crippen molar-refractivity contribution in [3.8, 4) is 0 Å². The van der Waals surface area contributed by atoms with Gasteiger partial charge in [0.15, 0.2) is 6.10 Å². The molecule has 0 saturated carbocycles. The zero-order valence-corrected chi connectivity index (χ0v) is 37.9. The summed E-state index contributed by atoms with van der Waals surface area (Å²) in [5, 5.41) is 0. The van der Waals surface area contributed by atoms with E-state index in [4.69, 9.17) is 18.5 Å². The van der Waals surface area contributed by atoms with E-state index in [0.717, 1.165) is 83.5 Å². The fourth-order valence-corrected chi connectivity index (χ4v) is 6.53. The molecule has 0 N–H and O–H groups in total. The third-order valence-corrected chi connectivity index (χ3v) is 10.3. The molecule has 0 rings (SSSR count). The number of allylic oxidation sites excluding steroid dienone is 10. The van der Waals surface area contributed by atoms with Crippen molar-refractivity contribution in [1.29, 1.82) is 0 Å². The minimum Gasteiger partial charge on any atom is -0.756 e. The van der Waals surface area contributed by atoms with Crippen LogP contribution >= 0.6 is 7.82 Å². The maximum Gasteiger partial charge on any atom is 0.306 e. The van der Waals surface area contributed by atoms with Gasteiger partial charge in [-0.1, -0.05) is 164 Å². The van der Waals surface area contributed by atoms with E-state index in [1.807, 2.05) is 21.1 Å². The lowest BCUT2D eigenvalue weighted by molar-refractivity contribution is -0.870. The van der Waals surface area contributed by atoms with E-state index in [9.17, 15) is 19.0 Å². The fraction of sp³-hybridized carbons (Fsp3) is 0.745. The standard InChI is InChI=1S/C47H84NO8P/c1-6-8-10-12-14-16-18-20-21-22-23-24-25-26-27-28-30-32-34-36-38-40-47(50)56-45(44-55-57(51,52)54-42-41-48(3,4)5)43-53-46(49)39-37-35-33-31-29-19-17-15-13-11-9-7-2/h8,10,14,16,20-21,23-24,26-27,45H,6-7,9,11-13,15,17-19,22,25,28-44H2,1-5H3/b10-8-,16-14-,21-20-,24-23-,27-26-. The van der Waals surface area contributed by atoms with Crippen molar-refractivity contribution in [2.45, 2.75) is 180 Å². The molecule has 0 heterocycles. The zero-order valence-electron chi connectivity index (χ0n) is 37.0. The molecule has 9 nitrogen and oxygen atoms in total. The van der Waals surface area contributed by atoms with Crippen LogP contribution in [-0.2, 0) is 32.7 Å². The Labute approximate surface area is 349 Å². The van der Waals surface area contributed by atoms with Gasteiger partial charge in [-0.05, 0) is 57.8 Å². The summed E-state index contributed by atoms with van der Waals surface area (Å²) in [6, 6.07) is 0. The predicted molar refractivity (Wildman–Crippen MR) is 236 cm³/mol. The van der Waals surface area contributed by atoms with Crippen LogP contribution in [0.25, 0.3) is 0 Å². The summed E-state index contributed by atoms with van der Waals surface area (Å²) in [6.07, 6.45) is 46.7. The van der Waals surface area contributed by atoms with Gasteiger partial charge in [-0.2, -0.15) is 0 Å². The van der Waals surface area contributed by atoms with Gasteiger partial charge in [-0.25, -0.2) is 0 Å². The molecule has 57 heavy (non-hydrogen) atoms. The first-order chi connectivity index (χ1) is 27.5. The molecular formula is C47H84NO8P. The number of quaternary nitrogens is 1. The van der Waals surface area contributed by atoms with Gasteiger partial charge in [0, 0.05) is 12.8 Å². The number of phosphoric ester groups is 1. The second kappa shape index (κ2) is 39.2. The molecule has 2 atom stereocenters. The largest absolute Gasteiger partial charge is 0.756 e. The number of carbonyl (C=O) groups is 2. The Morgan fingerprint density at radius 2 is 1.00 bits per heavy atom. The van der Waals surface area contributed by atoms with Crippen LogP contribution in [0.5, 0.6) is 0 Å². The van der Waals surface area contributed by atoms with Crippen LogP contribution in [0.2, 0.25) is 0 Å². The molecule has 0 aliphatic rings. The second-order valence-electron chi connectivity index (χ2n) is 16.0. The molecule has 0 aliphatic heterocycles. The van der Waals surface area contributed by atoms with Crippen molar-refractivity contribution in [2.24, 2.45) is 0 Å². The molecule has 2 unspecified atom stereocenters. The van der Waals surface area contributed by atoms with E-state index in [1.165, 1.54) is 57.8 Å². The van der Waals surface area contributed by atoms with Gasteiger partial charge in [-0.3, -0.25) is 14.2 Å². The highest BCUT2D eigenvalue weighted by atomic mass is 31.2. The first-order valence-electron chi connectivity index (χ1n) is 22.5. The summed E-state index contributed by atoms with van der Waals surface area (Å²) < 4.78 is 33.9. The van der Waals surface area contributed by atoms with Crippen LogP contribution in [0.15, 0.2) is 60.8 Å². The van der Waals surface area contributed by atoms with Crippen LogP contribution < -0.4 is 4.89 Å². The van der Waals surface area contributed by atoms with Crippen molar-refractivity contribution in [3.05, 3.63) is 60.8 Å². The topological polar surface area (TPSA) is 111 Å². The second-order valence-corrected chi connectivity index (χ2v) is 17.4. The number of likely N-dealkylation sites (N-methyl/N-ethyl adjacent to an activating group) is 1. The van der Waals surface area contributed by atoms with Crippen molar-refractivity contribution in [3.63, 3.8) is 0 Å². The lowest BCUT2D eigenvalue weighted by Gasteiger charge is -2.28. The molecular weight excluding hydrogens is 737 g/mol. The molecule has 0 bridgehead atoms. The Kier molecular flexibility index (Phi) is 37.6. The molecule has 0 amide bonds. The van der Waals surface area contributed by atoms with Gasteiger partial charge < -0.3 is 27.9 Å². The molecule has 0 aromatic rings. The fourth-order valence-electron chi connectivity index (χ4n) is 5.80. The lowest BCUT2D eigenvalue weighted by atomic mass is 10.0. The maximum absolute atomic E-state index is 12.7. The number of rotatable bonds is 40. The van der Waals surface area contributed by atoms with Gasteiger partial charge in [0.2, 0.25) is 0 Å². The summed E-state index contributed by atoms with van der Waals surface area (Å²) in [4.78, 5) is 37.5. The van der Waals surface area contributed by atoms with Crippen molar-refractivity contribution < 1.29 is 42.1 Å². The number of nitrogens with zero attached hydrogens (tertiary/aromatic N) is 1. The van der Waals surface area contributed by atoms with Gasteiger partial charge in [-0.15, -0.1) is 0 Å². The highest BCUT2D eigenvalue weighted by Crippen LogP contribution is 2.38. The maximum atomic E-state index is 12.7. The van der Waals surface area contributed by atoms with Crippen LogP contribution in [0.3, 0.4) is 0 Å². The van der Waals surface area contributed by atoms with E-state index in [0.29, 0.717) is 17.4 Å². The molecule has 0 aromatic carbocycles. The molecule has 0 aliphatic carbocycles. The summed E-state index contributed by atoms with van der Waals surface area (Å²) >= 11 is 0. The molecule has 0 fully saturated rings. The Bertz CT molecular complexity index is 1160. The lowest BCUT2D eigenvalue weighted by Crippen LogP contribution is -2.37. The van der Waals surface area contributed by atoms with Gasteiger partial charge in [0.1, 0.15) is 19.8 Å². The van der Waals surface area contributed by atoms with Gasteiger partial charge >= 0.3 is 11.9 Å². The third-order valence-electron chi connectivity index (χ3n) is 9.30. The molecule has 0 radical (unpaired) electrons. The monoisotopic (exact) mass is 822 g/mol. The predicted octanol–water partition coefficient (Wildman–Crippen LogP) is 12.2. The first-order valence-corrected chi connectivity index (χ1v) is 24.0. The number of hydrogen-bond donors (Lipinski definition) is 0. The minimum absolute atomic E-state index is 0.0366. The first kappa shape index (κ1) is 54.7. The SMILES string of the molecule is CC/C=C\C/C=C\C/C=C\C/C=C\C/C=C\CCCCCCCC(=O)OC(COC(=O)CCCCCCCCCCCCCC)COP(=O)([O-])OCC[N+](C)(C)C. The summed E-state index contributed by atoms with van der Waals surface area (Å²) in [5.41, 5.74) is 0. The van der Waals surface area contributed by atoms with Crippen LogP contribution in [0, 0.1) is 0 Å². The van der Waals surface area contributed by atoms with Crippen LogP contribution in [0.4, 0.5) is 0 Å². The van der Waals surface area contributed by atoms with E-state index >= 15 is 0 Å². The Balaban J connectivity index is 4.37. The summed E-state index contributed by atoms with van der Waals surface area (Å²) in [5.74, 6) is -0.858. The Morgan fingerprint density at radius 1 is 0.561 bits per heavy atom. The smallest absolute Gasteiger partial charge is 0.306 e. The van der Waals surface area contributed by atoms with E-state index in [-0.39, 0.29) is 26.1 Å². The van der Waals surface area contributed by atoms with Gasteiger partial charge in [0.25, 0.3) is 7.82 Å². The average molecular weight is 822 g/mol. The molecule has 10 heteroatoms. The highest BCUT2D eigenvalue weighted by molar-refractivity contribution is 7.45. The van der Waals surface area contributed by atoms with Gasteiger partial charge in [0.05, 0.1) is 27.7 Å². The highest BCUT2D eigenvalue weighted by Gasteiger charge is 2.21. The number of hydrogen-bond acceptors (Lipinski definition) is 8. The third kappa shape index (κ3) is 43.1. The van der Waals surface area contributed by atoms with Crippen molar-refractivity contribution in [1.82, 2.24) is 0 Å². The molecule has 0 saturated heterocycles. The van der Waals surface area contributed by atoms with E-state index in [1.54, 1.807) is 0 Å². The Hall–Kier alpha value is -2.29. The number of carbonyl (C=O) groups excluding carboxylic acids is 2. The van der Waals surface area contributed by atoms with Crippen molar-refractivity contribution in [2.75, 3.05) is 47.5 Å². The normalized spacial score (nSPS) is 14.1. The summed E-state index contributed by atoms with van der Waals surface area (Å²) in [6.45, 7) is 4.08. The molecule has 0 spiro atoms.